The molecule has 0 saturated carbocycles. The van der Waals surface area contributed by atoms with Gasteiger partial charge in [0.1, 0.15) is 11.6 Å². The van der Waals surface area contributed by atoms with Gasteiger partial charge in [-0.15, -0.1) is 11.6 Å². The Kier molecular flexibility index (Phi) is 4.33. The van der Waals surface area contributed by atoms with Crippen LogP contribution in [0.2, 0.25) is 5.02 Å². The summed E-state index contributed by atoms with van der Waals surface area (Å²) in [5.41, 5.74) is 0. The summed E-state index contributed by atoms with van der Waals surface area (Å²) < 4.78 is 17.9. The Morgan fingerprint density at radius 2 is 2.15 bits per heavy atom. The number of halogens is 3. The van der Waals surface area contributed by atoms with Gasteiger partial charge in [0.2, 0.25) is 0 Å². The van der Waals surface area contributed by atoms with Crippen LogP contribution >= 0.6 is 23.2 Å². The zero-order valence-electron chi connectivity index (χ0n) is 6.90. The van der Waals surface area contributed by atoms with Crippen LogP contribution < -0.4 is 4.74 Å². The van der Waals surface area contributed by atoms with Gasteiger partial charge in [-0.1, -0.05) is 11.6 Å². The molecule has 1 rings (SSSR count). The molecule has 1 aromatic rings. The first-order valence-corrected chi connectivity index (χ1v) is 4.79. The minimum Gasteiger partial charge on any atom is -0.493 e. The Balaban J connectivity index is 2.53. The molecule has 0 N–H and O–H groups in total. The van der Waals surface area contributed by atoms with Crippen LogP contribution in [0.15, 0.2) is 18.2 Å². The van der Waals surface area contributed by atoms with E-state index in [0.29, 0.717) is 18.2 Å². The van der Waals surface area contributed by atoms with Crippen molar-refractivity contribution in [3.8, 4) is 5.75 Å². The second-order valence-corrected chi connectivity index (χ2v) is 3.25. The van der Waals surface area contributed by atoms with Gasteiger partial charge in [0.05, 0.1) is 11.6 Å². The molecule has 0 fully saturated rings. The molecule has 0 radical (unpaired) electrons. The quantitative estimate of drug-likeness (QED) is 0.560. The summed E-state index contributed by atoms with van der Waals surface area (Å²) in [5.74, 6) is 0.678. The van der Waals surface area contributed by atoms with Crippen molar-refractivity contribution in [2.75, 3.05) is 12.5 Å². The summed E-state index contributed by atoms with van der Waals surface area (Å²) >= 11 is 11.0. The van der Waals surface area contributed by atoms with Gasteiger partial charge in [0.25, 0.3) is 0 Å². The van der Waals surface area contributed by atoms with Crippen LogP contribution in [0, 0.1) is 5.82 Å². The summed E-state index contributed by atoms with van der Waals surface area (Å²) in [7, 11) is 0. The van der Waals surface area contributed by atoms with Crippen molar-refractivity contribution < 1.29 is 9.13 Å². The standard InChI is InChI=1S/C9H9Cl2FO/c10-4-1-5-13-7-2-3-9(12)8(11)6-7/h2-3,6H,1,4-5H2. The molecular formula is C9H9Cl2FO. The lowest BCUT2D eigenvalue weighted by atomic mass is 10.3. The third kappa shape index (κ3) is 3.41. The fourth-order valence-electron chi connectivity index (χ4n) is 0.811. The smallest absolute Gasteiger partial charge is 0.142 e. The Morgan fingerprint density at radius 3 is 2.77 bits per heavy atom. The van der Waals surface area contributed by atoms with Gasteiger partial charge in [-0.3, -0.25) is 0 Å². The van der Waals surface area contributed by atoms with E-state index in [-0.39, 0.29) is 5.02 Å². The number of alkyl halides is 1. The third-order valence-corrected chi connectivity index (χ3v) is 1.99. The first-order valence-electron chi connectivity index (χ1n) is 3.88. The average Bonchev–Trinajstić information content (AvgIpc) is 2.12. The summed E-state index contributed by atoms with van der Waals surface area (Å²) in [4.78, 5) is 0. The predicted molar refractivity (Wildman–Crippen MR) is 52.2 cm³/mol. The van der Waals surface area contributed by atoms with E-state index in [4.69, 9.17) is 27.9 Å². The molecule has 0 aliphatic heterocycles. The van der Waals surface area contributed by atoms with Gasteiger partial charge in [-0.25, -0.2) is 4.39 Å². The Bertz CT molecular complexity index is 278. The zero-order valence-corrected chi connectivity index (χ0v) is 8.41. The first kappa shape index (κ1) is 10.6. The largest absolute Gasteiger partial charge is 0.493 e. The maximum absolute atomic E-state index is 12.7. The van der Waals surface area contributed by atoms with E-state index in [1.165, 1.54) is 18.2 Å². The number of hydrogen-bond acceptors (Lipinski definition) is 1. The molecule has 1 nitrogen and oxygen atoms in total. The van der Waals surface area contributed by atoms with Gasteiger partial charge >= 0.3 is 0 Å². The van der Waals surface area contributed by atoms with Crippen LogP contribution in [0.4, 0.5) is 4.39 Å². The van der Waals surface area contributed by atoms with Gasteiger partial charge < -0.3 is 4.74 Å². The number of ether oxygens (including phenoxy) is 1. The molecule has 4 heteroatoms. The fourth-order valence-corrected chi connectivity index (χ4v) is 1.09. The Labute approximate surface area is 86.4 Å². The van der Waals surface area contributed by atoms with Crippen LogP contribution in [-0.2, 0) is 0 Å². The molecule has 72 valence electrons. The van der Waals surface area contributed by atoms with E-state index in [1.807, 2.05) is 0 Å². The maximum Gasteiger partial charge on any atom is 0.142 e. The molecule has 0 spiro atoms. The van der Waals surface area contributed by atoms with E-state index in [0.717, 1.165) is 6.42 Å². The first-order chi connectivity index (χ1) is 6.24. The van der Waals surface area contributed by atoms with Crippen molar-refractivity contribution in [1.29, 1.82) is 0 Å². The monoisotopic (exact) mass is 222 g/mol. The molecule has 0 aliphatic carbocycles. The summed E-state index contributed by atoms with van der Waals surface area (Å²) in [6, 6.07) is 4.26. The van der Waals surface area contributed by atoms with Crippen molar-refractivity contribution >= 4 is 23.2 Å². The third-order valence-electron chi connectivity index (χ3n) is 1.44. The van der Waals surface area contributed by atoms with E-state index in [2.05, 4.69) is 0 Å². The van der Waals surface area contributed by atoms with Crippen molar-refractivity contribution in [3.05, 3.63) is 29.0 Å². The Morgan fingerprint density at radius 1 is 1.38 bits per heavy atom. The highest BCUT2D eigenvalue weighted by molar-refractivity contribution is 6.30. The molecule has 0 heterocycles. The fraction of sp³-hybridized carbons (Fsp3) is 0.333. The highest BCUT2D eigenvalue weighted by atomic mass is 35.5. The summed E-state index contributed by atoms with van der Waals surface area (Å²) in [6.07, 6.45) is 0.760. The zero-order chi connectivity index (χ0) is 9.68. The van der Waals surface area contributed by atoms with Crippen molar-refractivity contribution in [1.82, 2.24) is 0 Å². The van der Waals surface area contributed by atoms with E-state index >= 15 is 0 Å². The minimum atomic E-state index is -0.439. The molecule has 0 aliphatic rings. The van der Waals surface area contributed by atoms with Gasteiger partial charge in [-0.05, 0) is 18.6 Å². The highest BCUT2D eigenvalue weighted by Crippen LogP contribution is 2.21. The van der Waals surface area contributed by atoms with Crippen molar-refractivity contribution in [2.45, 2.75) is 6.42 Å². The minimum absolute atomic E-state index is 0.0726. The maximum atomic E-state index is 12.7. The Hall–Kier alpha value is -0.470. The number of hydrogen-bond donors (Lipinski definition) is 0. The lowest BCUT2D eigenvalue weighted by molar-refractivity contribution is 0.318. The van der Waals surface area contributed by atoms with Crippen molar-refractivity contribution in [2.24, 2.45) is 0 Å². The molecule has 0 atom stereocenters. The van der Waals surface area contributed by atoms with Crippen LogP contribution in [0.3, 0.4) is 0 Å². The topological polar surface area (TPSA) is 9.23 Å². The van der Waals surface area contributed by atoms with Crippen molar-refractivity contribution in [3.63, 3.8) is 0 Å². The summed E-state index contributed by atoms with van der Waals surface area (Å²) in [5, 5.41) is 0.0726. The molecular weight excluding hydrogens is 214 g/mol. The normalized spacial score (nSPS) is 10.1. The van der Waals surface area contributed by atoms with Gasteiger partial charge in [-0.2, -0.15) is 0 Å². The lowest BCUT2D eigenvalue weighted by Gasteiger charge is -2.04. The molecule has 0 unspecified atom stereocenters. The molecule has 0 saturated heterocycles. The van der Waals surface area contributed by atoms with Crippen LogP contribution in [0.5, 0.6) is 5.75 Å². The SMILES string of the molecule is Fc1ccc(OCCCCl)cc1Cl. The predicted octanol–water partition coefficient (Wildman–Crippen LogP) is 3.49. The number of rotatable bonds is 4. The van der Waals surface area contributed by atoms with E-state index < -0.39 is 5.82 Å². The molecule has 1 aromatic carbocycles. The van der Waals surface area contributed by atoms with Crippen LogP contribution in [-0.4, -0.2) is 12.5 Å². The van der Waals surface area contributed by atoms with Crippen LogP contribution in [0.25, 0.3) is 0 Å². The lowest BCUT2D eigenvalue weighted by Crippen LogP contribution is -1.97. The van der Waals surface area contributed by atoms with E-state index in [9.17, 15) is 4.39 Å². The van der Waals surface area contributed by atoms with Gasteiger partial charge in [0, 0.05) is 11.9 Å². The summed E-state index contributed by atoms with van der Waals surface area (Å²) in [6.45, 7) is 0.519. The van der Waals surface area contributed by atoms with Gasteiger partial charge in [0.15, 0.2) is 0 Å². The second kappa shape index (κ2) is 5.30. The van der Waals surface area contributed by atoms with Crippen LogP contribution in [0.1, 0.15) is 6.42 Å². The number of benzene rings is 1. The molecule has 0 aromatic heterocycles. The highest BCUT2D eigenvalue weighted by Gasteiger charge is 2.00. The second-order valence-electron chi connectivity index (χ2n) is 2.47. The molecule has 0 bridgehead atoms. The average molecular weight is 223 g/mol. The van der Waals surface area contributed by atoms with E-state index in [1.54, 1.807) is 0 Å². The molecule has 13 heavy (non-hydrogen) atoms. The molecule has 0 amide bonds.